The van der Waals surface area contributed by atoms with Crippen LogP contribution in [-0.4, -0.2) is 41.6 Å². The van der Waals surface area contributed by atoms with Crippen molar-refractivity contribution in [1.29, 1.82) is 0 Å². The van der Waals surface area contributed by atoms with Crippen LogP contribution in [0.5, 0.6) is 11.5 Å². The molecule has 2 aromatic carbocycles. The zero-order valence-electron chi connectivity index (χ0n) is 16.5. The lowest BCUT2D eigenvalue weighted by molar-refractivity contribution is -0.120. The summed E-state index contributed by atoms with van der Waals surface area (Å²) in [6.45, 7) is 3.88. The minimum atomic E-state index is -3.62. The maximum atomic E-state index is 12.4. The first kappa shape index (κ1) is 21.7. The number of aryl methyl sites for hydroxylation is 2. The summed E-state index contributed by atoms with van der Waals surface area (Å²) in [6, 6.07) is 10.5. The van der Waals surface area contributed by atoms with Gasteiger partial charge in [-0.05, 0) is 48.7 Å². The molecule has 0 unspecified atom stereocenters. The van der Waals surface area contributed by atoms with Gasteiger partial charge >= 0.3 is 0 Å². The van der Waals surface area contributed by atoms with Crippen LogP contribution in [0.4, 0.5) is 0 Å². The third kappa shape index (κ3) is 5.71. The Labute approximate surface area is 166 Å². The maximum absolute atomic E-state index is 12.4. The van der Waals surface area contributed by atoms with Crippen LogP contribution in [0.3, 0.4) is 0 Å². The average Bonchev–Trinajstić information content (AvgIpc) is 2.67. The molecule has 7 nitrogen and oxygen atoms in total. The molecule has 0 aromatic heterocycles. The van der Waals surface area contributed by atoms with Gasteiger partial charge in [0.2, 0.25) is 15.9 Å². The molecule has 28 heavy (non-hydrogen) atoms. The van der Waals surface area contributed by atoms with E-state index in [2.05, 4.69) is 10.0 Å². The Morgan fingerprint density at radius 2 is 1.68 bits per heavy atom. The van der Waals surface area contributed by atoms with E-state index in [0.717, 1.165) is 11.1 Å². The van der Waals surface area contributed by atoms with Gasteiger partial charge in [-0.2, -0.15) is 0 Å². The number of rotatable bonds is 9. The van der Waals surface area contributed by atoms with Gasteiger partial charge in [0.15, 0.2) is 11.5 Å². The van der Waals surface area contributed by atoms with Crippen LogP contribution in [-0.2, 0) is 21.2 Å². The van der Waals surface area contributed by atoms with Gasteiger partial charge < -0.3 is 14.8 Å². The zero-order valence-corrected chi connectivity index (χ0v) is 17.4. The quantitative estimate of drug-likeness (QED) is 0.621. The van der Waals surface area contributed by atoms with E-state index in [1.165, 1.54) is 7.11 Å². The van der Waals surface area contributed by atoms with Gasteiger partial charge in [-0.25, -0.2) is 13.1 Å². The fraction of sp³-hybridized carbons (Fsp3) is 0.350. The van der Waals surface area contributed by atoms with Gasteiger partial charge in [0.05, 0.1) is 25.5 Å². The van der Waals surface area contributed by atoms with Crippen LogP contribution in [0.2, 0.25) is 0 Å². The molecule has 0 fully saturated rings. The molecule has 2 N–H and O–H groups in total. The molecular weight excluding hydrogens is 380 g/mol. The number of nitrogens with one attached hydrogen (secondary N) is 2. The van der Waals surface area contributed by atoms with E-state index in [4.69, 9.17) is 9.47 Å². The highest BCUT2D eigenvalue weighted by molar-refractivity contribution is 7.89. The summed E-state index contributed by atoms with van der Waals surface area (Å²) in [5.41, 5.74) is 2.32. The zero-order chi connectivity index (χ0) is 20.7. The van der Waals surface area contributed by atoms with Crippen molar-refractivity contribution in [3.8, 4) is 11.5 Å². The highest BCUT2D eigenvalue weighted by atomic mass is 32.2. The number of ether oxygens (including phenoxy) is 2. The van der Waals surface area contributed by atoms with E-state index in [-0.39, 0.29) is 30.3 Å². The van der Waals surface area contributed by atoms with E-state index in [1.807, 2.05) is 13.0 Å². The molecule has 0 aliphatic carbocycles. The van der Waals surface area contributed by atoms with Crippen molar-refractivity contribution in [3.05, 3.63) is 53.1 Å². The van der Waals surface area contributed by atoms with Crippen LogP contribution in [0.25, 0.3) is 0 Å². The van der Waals surface area contributed by atoms with E-state index in [1.54, 1.807) is 44.4 Å². The Kier molecular flexibility index (Phi) is 7.42. The predicted octanol–water partition coefficient (Wildman–Crippen LogP) is 1.96. The van der Waals surface area contributed by atoms with Crippen molar-refractivity contribution in [2.75, 3.05) is 27.3 Å². The highest BCUT2D eigenvalue weighted by Crippen LogP contribution is 2.27. The summed E-state index contributed by atoms with van der Waals surface area (Å²) >= 11 is 0. The molecule has 0 aliphatic rings. The highest BCUT2D eigenvalue weighted by Gasteiger charge is 2.16. The first-order chi connectivity index (χ1) is 13.3. The topological polar surface area (TPSA) is 93.7 Å². The van der Waals surface area contributed by atoms with E-state index in [0.29, 0.717) is 17.1 Å². The standard InChI is InChI=1S/C20H26N2O5S/c1-14-5-6-15(2)19(11-14)28(24,25)22-10-9-21-20(23)13-16-7-8-17(26-3)18(12-16)27-4/h5-8,11-12,22H,9-10,13H2,1-4H3,(H,21,23). The monoisotopic (exact) mass is 406 g/mol. The fourth-order valence-corrected chi connectivity index (χ4v) is 4.06. The molecule has 0 heterocycles. The number of amides is 1. The number of hydrogen-bond acceptors (Lipinski definition) is 5. The number of carbonyl (C=O) groups is 1. The van der Waals surface area contributed by atoms with Crippen LogP contribution in [0.15, 0.2) is 41.3 Å². The molecule has 2 aromatic rings. The van der Waals surface area contributed by atoms with E-state index >= 15 is 0 Å². The van der Waals surface area contributed by atoms with Gasteiger partial charge in [-0.3, -0.25) is 4.79 Å². The number of carbonyl (C=O) groups excluding carboxylic acids is 1. The van der Waals surface area contributed by atoms with Gasteiger partial charge in [-0.1, -0.05) is 18.2 Å². The molecule has 0 spiro atoms. The summed E-state index contributed by atoms with van der Waals surface area (Å²) in [5, 5.41) is 2.71. The Morgan fingerprint density at radius 1 is 0.964 bits per heavy atom. The first-order valence-corrected chi connectivity index (χ1v) is 10.3. The Balaban J connectivity index is 1.86. The second kappa shape index (κ2) is 9.57. The van der Waals surface area contributed by atoms with Gasteiger partial charge in [0.1, 0.15) is 0 Å². The lowest BCUT2D eigenvalue weighted by Crippen LogP contribution is -2.35. The third-order valence-corrected chi connectivity index (χ3v) is 5.79. The SMILES string of the molecule is COc1ccc(CC(=O)NCCNS(=O)(=O)c2cc(C)ccc2C)cc1OC. The molecule has 0 aliphatic heterocycles. The molecule has 0 radical (unpaired) electrons. The van der Waals surface area contributed by atoms with Crippen LogP contribution < -0.4 is 19.5 Å². The summed E-state index contributed by atoms with van der Waals surface area (Å²) in [7, 11) is -0.542. The van der Waals surface area contributed by atoms with Crippen molar-refractivity contribution in [3.63, 3.8) is 0 Å². The first-order valence-electron chi connectivity index (χ1n) is 8.81. The minimum Gasteiger partial charge on any atom is -0.493 e. The molecule has 8 heteroatoms. The summed E-state index contributed by atoms with van der Waals surface area (Å²) in [5.74, 6) is 0.930. The summed E-state index contributed by atoms with van der Waals surface area (Å²) in [6.07, 6.45) is 0.157. The molecule has 2 rings (SSSR count). The number of hydrogen-bond donors (Lipinski definition) is 2. The number of sulfonamides is 1. The smallest absolute Gasteiger partial charge is 0.240 e. The largest absolute Gasteiger partial charge is 0.493 e. The maximum Gasteiger partial charge on any atom is 0.240 e. The molecule has 0 saturated heterocycles. The second-order valence-electron chi connectivity index (χ2n) is 6.38. The third-order valence-electron chi connectivity index (χ3n) is 4.19. The number of methoxy groups -OCH3 is 2. The van der Waals surface area contributed by atoms with Crippen molar-refractivity contribution in [2.24, 2.45) is 0 Å². The van der Waals surface area contributed by atoms with E-state index < -0.39 is 10.0 Å². The molecule has 0 atom stereocenters. The van der Waals surface area contributed by atoms with Gasteiger partial charge in [-0.15, -0.1) is 0 Å². The van der Waals surface area contributed by atoms with E-state index in [9.17, 15) is 13.2 Å². The molecular formula is C20H26N2O5S. The van der Waals surface area contributed by atoms with Crippen molar-refractivity contribution in [2.45, 2.75) is 25.2 Å². The van der Waals surface area contributed by atoms with Crippen LogP contribution in [0, 0.1) is 13.8 Å². The lowest BCUT2D eigenvalue weighted by atomic mass is 10.1. The van der Waals surface area contributed by atoms with Crippen molar-refractivity contribution in [1.82, 2.24) is 10.0 Å². The lowest BCUT2D eigenvalue weighted by Gasteiger charge is -2.11. The summed E-state index contributed by atoms with van der Waals surface area (Å²) in [4.78, 5) is 12.4. The van der Waals surface area contributed by atoms with Crippen LogP contribution >= 0.6 is 0 Å². The molecule has 152 valence electrons. The summed E-state index contributed by atoms with van der Waals surface area (Å²) < 4.78 is 37.8. The number of benzene rings is 2. The fourth-order valence-electron chi connectivity index (χ4n) is 2.70. The average molecular weight is 407 g/mol. The minimum absolute atomic E-state index is 0.105. The molecule has 1 amide bonds. The van der Waals surface area contributed by atoms with Gasteiger partial charge in [0, 0.05) is 13.1 Å². The Morgan fingerprint density at radius 3 is 2.36 bits per heavy atom. The van der Waals surface area contributed by atoms with Gasteiger partial charge in [0.25, 0.3) is 0 Å². The molecule has 0 bridgehead atoms. The molecule has 0 saturated carbocycles. The van der Waals surface area contributed by atoms with Crippen molar-refractivity contribution >= 4 is 15.9 Å². The second-order valence-corrected chi connectivity index (χ2v) is 8.12. The Hall–Kier alpha value is -2.58. The van der Waals surface area contributed by atoms with Crippen molar-refractivity contribution < 1.29 is 22.7 Å². The normalized spacial score (nSPS) is 11.1. The van der Waals surface area contributed by atoms with Crippen LogP contribution in [0.1, 0.15) is 16.7 Å². The predicted molar refractivity (Wildman–Crippen MR) is 107 cm³/mol. The Bertz CT molecular complexity index is 942.